The highest BCUT2D eigenvalue weighted by Crippen LogP contribution is 2.19. The van der Waals surface area contributed by atoms with Gasteiger partial charge >= 0.3 is 5.97 Å². The number of hydrogen-bond donors (Lipinski definition) is 1. The van der Waals surface area contributed by atoms with Crippen LogP contribution in [0, 0.1) is 0 Å². The zero-order chi connectivity index (χ0) is 17.8. The van der Waals surface area contributed by atoms with Crippen molar-refractivity contribution in [2.24, 2.45) is 0 Å². The van der Waals surface area contributed by atoms with Gasteiger partial charge in [0.2, 0.25) is 0 Å². The molecule has 0 saturated heterocycles. The third-order valence-corrected chi connectivity index (χ3v) is 4.13. The van der Waals surface area contributed by atoms with Crippen molar-refractivity contribution in [3.05, 3.63) is 71.9 Å². The summed E-state index contributed by atoms with van der Waals surface area (Å²) in [4.78, 5) is 23.8. The number of nitrogens with zero attached hydrogens (tertiary/aromatic N) is 1. The molecule has 1 heterocycles. The summed E-state index contributed by atoms with van der Waals surface area (Å²) in [5.41, 5.74) is 2.67. The maximum absolute atomic E-state index is 12.4. The Morgan fingerprint density at radius 1 is 1.12 bits per heavy atom. The molecule has 3 rings (SSSR count). The quantitative estimate of drug-likeness (QED) is 0.729. The predicted octanol–water partition coefficient (Wildman–Crippen LogP) is 2.98. The molecule has 0 unspecified atom stereocenters. The maximum atomic E-state index is 12.4. The Bertz CT molecular complexity index is 900. The van der Waals surface area contributed by atoms with Gasteiger partial charge in [-0.2, -0.15) is 0 Å². The van der Waals surface area contributed by atoms with E-state index in [1.54, 1.807) is 13.0 Å². The molecule has 5 heteroatoms. The van der Waals surface area contributed by atoms with Crippen molar-refractivity contribution in [3.63, 3.8) is 0 Å². The van der Waals surface area contributed by atoms with Gasteiger partial charge in [0.1, 0.15) is 6.04 Å². The minimum absolute atomic E-state index is 0.299. The van der Waals surface area contributed by atoms with E-state index in [1.165, 1.54) is 12.7 Å². The van der Waals surface area contributed by atoms with Crippen LogP contribution in [0.15, 0.2) is 60.8 Å². The smallest absolute Gasteiger partial charge is 0.328 e. The molecule has 2 aromatic carbocycles. The molecule has 0 saturated carbocycles. The van der Waals surface area contributed by atoms with E-state index >= 15 is 0 Å². The monoisotopic (exact) mass is 336 g/mol. The highest BCUT2D eigenvalue weighted by Gasteiger charge is 2.17. The van der Waals surface area contributed by atoms with E-state index < -0.39 is 12.0 Å². The van der Waals surface area contributed by atoms with Gasteiger partial charge < -0.3 is 14.6 Å². The maximum Gasteiger partial charge on any atom is 0.328 e. The summed E-state index contributed by atoms with van der Waals surface area (Å²) < 4.78 is 6.74. The second-order valence-electron chi connectivity index (χ2n) is 5.92. The summed E-state index contributed by atoms with van der Waals surface area (Å²) in [6.45, 7) is 2.33. The number of aromatic nitrogens is 1. The first-order valence-corrected chi connectivity index (χ1v) is 8.10. The number of fused-ring (bicyclic) bond motifs is 1. The molecule has 1 aromatic heterocycles. The van der Waals surface area contributed by atoms with Gasteiger partial charge in [-0.1, -0.05) is 36.4 Å². The van der Waals surface area contributed by atoms with Crippen LogP contribution in [0.25, 0.3) is 10.9 Å². The van der Waals surface area contributed by atoms with Crippen LogP contribution in [0.1, 0.15) is 22.8 Å². The molecule has 1 N–H and O–H groups in total. The zero-order valence-electron chi connectivity index (χ0n) is 14.2. The van der Waals surface area contributed by atoms with Gasteiger partial charge in [0, 0.05) is 23.8 Å². The molecular formula is C20H20N2O3. The highest BCUT2D eigenvalue weighted by molar-refractivity contribution is 5.99. The average molecular weight is 336 g/mol. The van der Waals surface area contributed by atoms with Crippen molar-refractivity contribution in [1.29, 1.82) is 0 Å². The second kappa shape index (κ2) is 7.21. The van der Waals surface area contributed by atoms with Gasteiger partial charge in [0.25, 0.3) is 5.91 Å². The number of hydrogen-bond acceptors (Lipinski definition) is 3. The van der Waals surface area contributed by atoms with Crippen molar-refractivity contribution in [3.8, 4) is 0 Å². The summed E-state index contributed by atoms with van der Waals surface area (Å²) in [6.07, 6.45) is 2.01. The van der Waals surface area contributed by atoms with E-state index in [0.29, 0.717) is 5.56 Å². The van der Waals surface area contributed by atoms with Gasteiger partial charge in [-0.25, -0.2) is 4.79 Å². The highest BCUT2D eigenvalue weighted by atomic mass is 16.5. The molecule has 0 aliphatic rings. The van der Waals surface area contributed by atoms with Crippen molar-refractivity contribution in [2.45, 2.75) is 19.5 Å². The normalized spacial score (nSPS) is 11.9. The molecule has 0 aliphatic carbocycles. The standard InChI is InChI=1S/C20H20N2O3/c1-14(20(24)25-2)21-19(23)17-9-8-16-10-11-22(18(16)12-17)13-15-6-4-3-5-7-15/h3-12,14H,13H2,1-2H3,(H,21,23)/t14-/m1/s1. The SMILES string of the molecule is COC(=O)[C@@H](C)NC(=O)c1ccc2ccn(Cc3ccccc3)c2c1. The Balaban J connectivity index is 1.85. The molecule has 128 valence electrons. The summed E-state index contributed by atoms with van der Waals surface area (Å²) in [7, 11) is 1.30. The molecular weight excluding hydrogens is 316 g/mol. The summed E-state index contributed by atoms with van der Waals surface area (Å²) >= 11 is 0. The minimum Gasteiger partial charge on any atom is -0.467 e. The van der Waals surface area contributed by atoms with E-state index in [2.05, 4.69) is 26.8 Å². The van der Waals surface area contributed by atoms with Crippen molar-refractivity contribution >= 4 is 22.8 Å². The second-order valence-corrected chi connectivity index (χ2v) is 5.92. The molecule has 5 nitrogen and oxygen atoms in total. The number of carbonyl (C=O) groups is 2. The van der Waals surface area contributed by atoms with Crippen LogP contribution in [0.3, 0.4) is 0 Å². The molecule has 0 spiro atoms. The van der Waals surface area contributed by atoms with E-state index in [9.17, 15) is 9.59 Å². The van der Waals surface area contributed by atoms with E-state index in [-0.39, 0.29) is 5.91 Å². The largest absolute Gasteiger partial charge is 0.467 e. The third-order valence-electron chi connectivity index (χ3n) is 4.13. The number of nitrogens with one attached hydrogen (secondary N) is 1. The Morgan fingerprint density at radius 2 is 1.88 bits per heavy atom. The van der Waals surface area contributed by atoms with Gasteiger partial charge in [0.05, 0.1) is 7.11 Å². The van der Waals surface area contributed by atoms with Crippen LogP contribution in [0.5, 0.6) is 0 Å². The summed E-state index contributed by atoms with van der Waals surface area (Å²) in [5.74, 6) is -0.769. The molecule has 0 radical (unpaired) electrons. The Labute approximate surface area is 146 Å². The number of benzene rings is 2. The minimum atomic E-state index is -0.690. The molecule has 0 aliphatic heterocycles. The molecule has 0 bridgehead atoms. The van der Waals surface area contributed by atoms with Gasteiger partial charge in [-0.05, 0) is 36.1 Å². The van der Waals surface area contributed by atoms with Crippen LogP contribution in [-0.4, -0.2) is 29.6 Å². The number of rotatable bonds is 5. The lowest BCUT2D eigenvalue weighted by molar-refractivity contribution is -0.142. The Hall–Kier alpha value is -3.08. The van der Waals surface area contributed by atoms with Crippen LogP contribution in [0.4, 0.5) is 0 Å². The number of ether oxygens (including phenoxy) is 1. The number of amides is 1. The first-order chi connectivity index (χ1) is 12.1. The van der Waals surface area contributed by atoms with Crippen molar-refractivity contribution < 1.29 is 14.3 Å². The van der Waals surface area contributed by atoms with Gasteiger partial charge in [-0.3, -0.25) is 4.79 Å². The lowest BCUT2D eigenvalue weighted by Crippen LogP contribution is -2.39. The van der Waals surface area contributed by atoms with E-state index in [4.69, 9.17) is 0 Å². The number of esters is 1. The third kappa shape index (κ3) is 3.71. The average Bonchev–Trinajstić information content (AvgIpc) is 3.03. The molecule has 1 atom stereocenters. The first kappa shape index (κ1) is 16.8. The van der Waals surface area contributed by atoms with Crippen LogP contribution in [0.2, 0.25) is 0 Å². The van der Waals surface area contributed by atoms with Crippen LogP contribution in [-0.2, 0) is 16.1 Å². The lowest BCUT2D eigenvalue weighted by Gasteiger charge is -2.12. The van der Waals surface area contributed by atoms with E-state index in [1.807, 2.05) is 42.6 Å². The topological polar surface area (TPSA) is 60.3 Å². The predicted molar refractivity (Wildman–Crippen MR) is 96.4 cm³/mol. The summed E-state index contributed by atoms with van der Waals surface area (Å²) in [6, 6.07) is 17.0. The number of carbonyl (C=O) groups excluding carboxylic acids is 2. The lowest BCUT2D eigenvalue weighted by atomic mass is 10.1. The van der Waals surface area contributed by atoms with Gasteiger partial charge in [0.15, 0.2) is 0 Å². The van der Waals surface area contributed by atoms with Crippen LogP contribution >= 0.6 is 0 Å². The van der Waals surface area contributed by atoms with Crippen molar-refractivity contribution in [2.75, 3.05) is 7.11 Å². The van der Waals surface area contributed by atoms with Gasteiger partial charge in [-0.15, -0.1) is 0 Å². The fourth-order valence-electron chi connectivity index (χ4n) is 2.76. The molecule has 0 fully saturated rings. The molecule has 3 aromatic rings. The Morgan fingerprint density at radius 3 is 2.60 bits per heavy atom. The van der Waals surface area contributed by atoms with Crippen LogP contribution < -0.4 is 5.32 Å². The first-order valence-electron chi connectivity index (χ1n) is 8.10. The summed E-state index contributed by atoms with van der Waals surface area (Å²) in [5, 5.41) is 3.71. The number of methoxy groups -OCH3 is 1. The fourth-order valence-corrected chi connectivity index (χ4v) is 2.76. The molecule has 25 heavy (non-hydrogen) atoms. The fraction of sp³-hybridized carbons (Fsp3) is 0.200. The molecule has 1 amide bonds. The zero-order valence-corrected chi connectivity index (χ0v) is 14.2. The van der Waals surface area contributed by atoms with Crippen molar-refractivity contribution in [1.82, 2.24) is 9.88 Å². The Kier molecular flexibility index (Phi) is 4.84. The van der Waals surface area contributed by atoms with E-state index in [0.717, 1.165) is 17.4 Å².